The lowest BCUT2D eigenvalue weighted by Crippen LogP contribution is -2.41. The molecule has 2 aliphatic heterocycles. The molecule has 0 amide bonds. The third kappa shape index (κ3) is 3.28. The van der Waals surface area contributed by atoms with E-state index in [2.05, 4.69) is 6.58 Å². The van der Waals surface area contributed by atoms with Gasteiger partial charge in [0, 0.05) is 36.3 Å². The van der Waals surface area contributed by atoms with Crippen molar-refractivity contribution in [3.8, 4) is 0 Å². The van der Waals surface area contributed by atoms with E-state index in [1.165, 1.54) is 13.0 Å². The maximum absolute atomic E-state index is 12.6. The summed E-state index contributed by atoms with van der Waals surface area (Å²) < 4.78 is 23.0. The number of aliphatic hydroxyl groups is 1. The molecule has 4 aliphatic rings. The van der Waals surface area contributed by atoms with Crippen LogP contribution in [0.15, 0.2) is 35.5 Å². The number of rotatable bonds is 4. The molecule has 0 aromatic heterocycles. The molecule has 2 heterocycles. The predicted molar refractivity (Wildman–Crippen MR) is 103 cm³/mol. The number of carbonyl (C=O) groups excluding carboxylic acids is 3. The standard InChI is InChI=1S/C22H26O8/c1-10(5-6-23)20(25)29-15-8-22(9-27-22)18-14(28-13(4)24)7-11(2)16(18)19-17(15)12(3)21(26)30-19/h5,7,14-19,23H,3,6,8-9H2,1-2,4H3. The molecule has 2 saturated heterocycles. The summed E-state index contributed by atoms with van der Waals surface area (Å²) in [6.45, 7) is 8.90. The van der Waals surface area contributed by atoms with Gasteiger partial charge in [-0.05, 0) is 26.0 Å². The molecule has 1 N–H and O–H groups in total. The lowest BCUT2D eigenvalue weighted by atomic mass is 9.77. The van der Waals surface area contributed by atoms with Crippen LogP contribution < -0.4 is 0 Å². The van der Waals surface area contributed by atoms with E-state index in [0.29, 0.717) is 13.0 Å². The van der Waals surface area contributed by atoms with Crippen molar-refractivity contribution in [1.82, 2.24) is 0 Å². The first-order valence-electron chi connectivity index (χ1n) is 10.1. The zero-order chi connectivity index (χ0) is 21.8. The normalized spacial score (nSPS) is 39.6. The minimum atomic E-state index is -0.692. The van der Waals surface area contributed by atoms with Crippen LogP contribution in [0, 0.1) is 17.8 Å². The SMILES string of the molecule is C=C1C(=O)OC2C1C(OC(=O)C(C)=CCO)CC1(CO1)C1C(OC(C)=O)C=C(C)C21. The first-order valence-corrected chi connectivity index (χ1v) is 10.1. The van der Waals surface area contributed by atoms with Crippen molar-refractivity contribution < 1.29 is 38.4 Å². The topological polar surface area (TPSA) is 112 Å². The molecular formula is C22H26O8. The van der Waals surface area contributed by atoms with Crippen LogP contribution in [0.5, 0.6) is 0 Å². The molecule has 1 saturated carbocycles. The first kappa shape index (κ1) is 20.8. The average molecular weight is 418 g/mol. The van der Waals surface area contributed by atoms with Gasteiger partial charge in [0.2, 0.25) is 0 Å². The molecule has 4 rings (SSSR count). The number of fused-ring (bicyclic) bond motifs is 4. The molecular weight excluding hydrogens is 392 g/mol. The van der Waals surface area contributed by atoms with Crippen LogP contribution in [-0.2, 0) is 33.3 Å². The Balaban J connectivity index is 1.72. The summed E-state index contributed by atoms with van der Waals surface area (Å²) >= 11 is 0. The van der Waals surface area contributed by atoms with Crippen molar-refractivity contribution in [2.75, 3.05) is 13.2 Å². The Kier molecular flexibility index (Phi) is 5.10. The molecule has 7 unspecified atom stereocenters. The Hall–Kier alpha value is -2.45. The second kappa shape index (κ2) is 7.35. The smallest absolute Gasteiger partial charge is 0.334 e. The fraction of sp³-hybridized carbons (Fsp3) is 0.591. The van der Waals surface area contributed by atoms with Gasteiger partial charge in [0.15, 0.2) is 0 Å². The van der Waals surface area contributed by atoms with Gasteiger partial charge in [-0.25, -0.2) is 9.59 Å². The summed E-state index contributed by atoms with van der Waals surface area (Å²) in [6.07, 6.45) is 1.81. The van der Waals surface area contributed by atoms with E-state index in [0.717, 1.165) is 5.57 Å². The highest BCUT2D eigenvalue weighted by Gasteiger charge is 2.68. The summed E-state index contributed by atoms with van der Waals surface area (Å²) in [7, 11) is 0. The molecule has 7 atom stereocenters. The second-order valence-electron chi connectivity index (χ2n) is 8.53. The van der Waals surface area contributed by atoms with Crippen LogP contribution in [0.2, 0.25) is 0 Å². The quantitative estimate of drug-likeness (QED) is 0.239. The van der Waals surface area contributed by atoms with Gasteiger partial charge in [-0.3, -0.25) is 4.79 Å². The Bertz CT molecular complexity index is 864. The Morgan fingerprint density at radius 1 is 1.33 bits per heavy atom. The van der Waals surface area contributed by atoms with E-state index in [-0.39, 0.29) is 29.6 Å². The molecule has 2 aliphatic carbocycles. The van der Waals surface area contributed by atoms with Crippen LogP contribution in [0.3, 0.4) is 0 Å². The Labute approximate surface area is 174 Å². The summed E-state index contributed by atoms with van der Waals surface area (Å²) in [5.41, 5.74) is 0.841. The van der Waals surface area contributed by atoms with Crippen molar-refractivity contribution in [3.63, 3.8) is 0 Å². The molecule has 3 fully saturated rings. The van der Waals surface area contributed by atoms with Crippen LogP contribution in [0.1, 0.15) is 27.2 Å². The molecule has 0 aromatic carbocycles. The van der Waals surface area contributed by atoms with Gasteiger partial charge in [0.05, 0.1) is 19.1 Å². The van der Waals surface area contributed by atoms with Crippen LogP contribution in [0.25, 0.3) is 0 Å². The van der Waals surface area contributed by atoms with Crippen LogP contribution in [-0.4, -0.2) is 60.1 Å². The van der Waals surface area contributed by atoms with E-state index in [9.17, 15) is 14.4 Å². The predicted octanol–water partition coefficient (Wildman–Crippen LogP) is 1.23. The fourth-order valence-corrected chi connectivity index (χ4v) is 5.26. The van der Waals surface area contributed by atoms with E-state index >= 15 is 0 Å². The Morgan fingerprint density at radius 3 is 2.63 bits per heavy atom. The number of ether oxygens (including phenoxy) is 4. The third-order valence-corrected chi connectivity index (χ3v) is 6.66. The average Bonchev–Trinajstić information content (AvgIpc) is 3.30. The summed E-state index contributed by atoms with van der Waals surface area (Å²) in [4.78, 5) is 36.7. The van der Waals surface area contributed by atoms with Crippen molar-refractivity contribution in [3.05, 3.63) is 35.5 Å². The number of carbonyl (C=O) groups is 3. The van der Waals surface area contributed by atoms with E-state index in [1.807, 2.05) is 13.0 Å². The van der Waals surface area contributed by atoms with E-state index in [1.54, 1.807) is 6.92 Å². The number of hydrogen-bond acceptors (Lipinski definition) is 8. The highest BCUT2D eigenvalue weighted by atomic mass is 16.6. The van der Waals surface area contributed by atoms with Crippen molar-refractivity contribution >= 4 is 17.9 Å². The lowest BCUT2D eigenvalue weighted by Gasteiger charge is -2.31. The van der Waals surface area contributed by atoms with Gasteiger partial charge in [-0.15, -0.1) is 0 Å². The fourth-order valence-electron chi connectivity index (χ4n) is 5.26. The third-order valence-electron chi connectivity index (χ3n) is 6.66. The van der Waals surface area contributed by atoms with E-state index < -0.39 is 47.7 Å². The highest BCUT2D eigenvalue weighted by Crippen LogP contribution is 2.58. The van der Waals surface area contributed by atoms with Gasteiger partial charge in [0.25, 0.3) is 0 Å². The van der Waals surface area contributed by atoms with Crippen molar-refractivity contribution in [1.29, 1.82) is 0 Å². The molecule has 0 bridgehead atoms. The summed E-state index contributed by atoms with van der Waals surface area (Å²) in [5, 5.41) is 9.07. The monoisotopic (exact) mass is 418 g/mol. The lowest BCUT2D eigenvalue weighted by molar-refractivity contribution is -0.151. The van der Waals surface area contributed by atoms with Crippen molar-refractivity contribution in [2.24, 2.45) is 17.8 Å². The number of epoxide rings is 1. The first-order chi connectivity index (χ1) is 14.2. The van der Waals surface area contributed by atoms with Gasteiger partial charge in [-0.1, -0.05) is 12.2 Å². The molecule has 0 aromatic rings. The minimum absolute atomic E-state index is 0.233. The van der Waals surface area contributed by atoms with Gasteiger partial charge >= 0.3 is 17.9 Å². The number of hydrogen-bond donors (Lipinski definition) is 1. The zero-order valence-electron chi connectivity index (χ0n) is 17.3. The van der Waals surface area contributed by atoms with Crippen molar-refractivity contribution in [2.45, 2.75) is 51.1 Å². The minimum Gasteiger partial charge on any atom is -0.458 e. The van der Waals surface area contributed by atoms with Gasteiger partial charge in [0.1, 0.15) is 23.9 Å². The van der Waals surface area contributed by atoms with E-state index in [4.69, 9.17) is 24.1 Å². The molecule has 8 heteroatoms. The highest BCUT2D eigenvalue weighted by molar-refractivity contribution is 5.92. The molecule has 30 heavy (non-hydrogen) atoms. The maximum atomic E-state index is 12.6. The number of aliphatic hydroxyl groups excluding tert-OH is 1. The molecule has 8 nitrogen and oxygen atoms in total. The summed E-state index contributed by atoms with van der Waals surface area (Å²) in [5.74, 6) is -2.50. The number of esters is 3. The van der Waals surface area contributed by atoms with Crippen LogP contribution >= 0.6 is 0 Å². The Morgan fingerprint density at radius 2 is 2.03 bits per heavy atom. The van der Waals surface area contributed by atoms with Gasteiger partial charge < -0.3 is 24.1 Å². The largest absolute Gasteiger partial charge is 0.458 e. The molecule has 0 radical (unpaired) electrons. The summed E-state index contributed by atoms with van der Waals surface area (Å²) in [6, 6.07) is 0. The molecule has 162 valence electrons. The molecule has 1 spiro atoms. The second-order valence-corrected chi connectivity index (χ2v) is 8.53. The zero-order valence-corrected chi connectivity index (χ0v) is 17.3. The van der Waals surface area contributed by atoms with Crippen LogP contribution in [0.4, 0.5) is 0 Å². The van der Waals surface area contributed by atoms with Gasteiger partial charge in [-0.2, -0.15) is 0 Å². The maximum Gasteiger partial charge on any atom is 0.334 e.